The van der Waals surface area contributed by atoms with Gasteiger partial charge in [0.05, 0.1) is 18.8 Å². The zero-order valence-corrected chi connectivity index (χ0v) is 18.5. The number of rotatable bonds is 3. The normalized spacial score (nSPS) is 22.7. The molecule has 0 radical (unpaired) electrons. The molecule has 3 aliphatic rings. The van der Waals surface area contributed by atoms with Crippen LogP contribution in [0.4, 0.5) is 0 Å². The van der Waals surface area contributed by atoms with Crippen molar-refractivity contribution in [3.63, 3.8) is 0 Å². The summed E-state index contributed by atoms with van der Waals surface area (Å²) >= 11 is 3.49. The van der Waals surface area contributed by atoms with Gasteiger partial charge in [-0.2, -0.15) is 0 Å². The lowest BCUT2D eigenvalue weighted by Crippen LogP contribution is -2.51. The molecule has 29 heavy (non-hydrogen) atoms. The van der Waals surface area contributed by atoms with Crippen molar-refractivity contribution in [3.8, 4) is 0 Å². The summed E-state index contributed by atoms with van der Waals surface area (Å²) in [4.78, 5) is 32.0. The third-order valence-electron chi connectivity index (χ3n) is 6.57. The van der Waals surface area contributed by atoms with Gasteiger partial charge in [-0.15, -0.1) is 0 Å². The number of ether oxygens (including phenoxy) is 1. The summed E-state index contributed by atoms with van der Waals surface area (Å²) in [5.41, 5.74) is 0.744. The molecule has 0 aliphatic carbocycles. The molecule has 3 fully saturated rings. The van der Waals surface area contributed by atoms with Gasteiger partial charge in [-0.1, -0.05) is 12.1 Å². The van der Waals surface area contributed by atoms with E-state index in [1.165, 1.54) is 0 Å². The molecule has 0 unspecified atom stereocenters. The van der Waals surface area contributed by atoms with E-state index in [1.807, 2.05) is 34.1 Å². The van der Waals surface area contributed by atoms with Gasteiger partial charge in [0, 0.05) is 42.6 Å². The van der Waals surface area contributed by atoms with E-state index in [4.69, 9.17) is 4.74 Å². The van der Waals surface area contributed by atoms with Crippen LogP contribution in [0.15, 0.2) is 28.7 Å². The van der Waals surface area contributed by atoms with Crippen molar-refractivity contribution in [2.24, 2.45) is 5.92 Å². The Kier molecular flexibility index (Phi) is 6.88. The van der Waals surface area contributed by atoms with Crippen molar-refractivity contribution >= 4 is 27.7 Å². The molecule has 2 amide bonds. The number of hydrogen-bond acceptors (Lipinski definition) is 4. The summed E-state index contributed by atoms with van der Waals surface area (Å²) in [6.45, 7) is 6.40. The number of carbonyl (C=O) groups is 2. The Balaban J connectivity index is 1.24. The molecule has 0 bridgehead atoms. The largest absolute Gasteiger partial charge is 0.378 e. The molecule has 3 heterocycles. The van der Waals surface area contributed by atoms with Crippen molar-refractivity contribution in [2.75, 3.05) is 52.5 Å². The lowest BCUT2D eigenvalue weighted by Gasteiger charge is -2.42. The van der Waals surface area contributed by atoms with E-state index in [0.29, 0.717) is 25.2 Å². The minimum Gasteiger partial charge on any atom is -0.378 e. The highest BCUT2D eigenvalue weighted by molar-refractivity contribution is 9.10. The summed E-state index contributed by atoms with van der Waals surface area (Å²) in [5, 5.41) is 0. The first kappa shape index (κ1) is 20.8. The monoisotopic (exact) mass is 463 g/mol. The van der Waals surface area contributed by atoms with Gasteiger partial charge in [0.1, 0.15) is 0 Å². The summed E-state index contributed by atoms with van der Waals surface area (Å²) < 4.78 is 6.22. The summed E-state index contributed by atoms with van der Waals surface area (Å²) in [6.07, 6.45) is 3.93. The van der Waals surface area contributed by atoms with Crippen LogP contribution in [0.3, 0.4) is 0 Å². The van der Waals surface area contributed by atoms with Crippen LogP contribution >= 0.6 is 15.9 Å². The lowest BCUT2D eigenvalue weighted by atomic mass is 9.92. The van der Waals surface area contributed by atoms with Crippen molar-refractivity contribution < 1.29 is 14.3 Å². The Bertz CT molecular complexity index is 722. The molecular weight excluding hydrogens is 434 g/mol. The van der Waals surface area contributed by atoms with E-state index in [1.54, 1.807) is 0 Å². The van der Waals surface area contributed by atoms with E-state index >= 15 is 0 Å². The Hall–Kier alpha value is -1.44. The SMILES string of the molecule is O=C(c1ccccc1Br)N1CCC(N2CCC(C(=O)N3CCOCC3)CC2)CC1. The predicted octanol–water partition coefficient (Wildman–Crippen LogP) is 2.62. The van der Waals surface area contributed by atoms with Crippen LogP contribution in [0.5, 0.6) is 0 Å². The Morgan fingerprint density at radius 3 is 2.17 bits per heavy atom. The fourth-order valence-corrected chi connectivity index (χ4v) is 5.25. The minimum absolute atomic E-state index is 0.116. The maximum Gasteiger partial charge on any atom is 0.254 e. The Labute approximate surface area is 181 Å². The van der Waals surface area contributed by atoms with Crippen LogP contribution in [0.1, 0.15) is 36.0 Å². The Morgan fingerprint density at radius 1 is 0.862 bits per heavy atom. The molecule has 7 heteroatoms. The van der Waals surface area contributed by atoms with E-state index in [0.717, 1.165) is 75.0 Å². The lowest BCUT2D eigenvalue weighted by molar-refractivity contribution is -0.141. The van der Waals surface area contributed by atoms with Crippen molar-refractivity contribution in [2.45, 2.75) is 31.7 Å². The fraction of sp³-hybridized carbons (Fsp3) is 0.636. The first-order chi connectivity index (χ1) is 14.1. The number of benzene rings is 1. The molecule has 0 spiro atoms. The number of likely N-dealkylation sites (tertiary alicyclic amines) is 2. The zero-order chi connectivity index (χ0) is 20.2. The molecule has 3 aliphatic heterocycles. The van der Waals surface area contributed by atoms with Crippen molar-refractivity contribution in [1.29, 1.82) is 0 Å². The highest BCUT2D eigenvalue weighted by atomic mass is 79.9. The first-order valence-corrected chi connectivity index (χ1v) is 11.6. The van der Waals surface area contributed by atoms with E-state index in [9.17, 15) is 9.59 Å². The maximum atomic E-state index is 12.8. The van der Waals surface area contributed by atoms with Gasteiger partial charge in [-0.3, -0.25) is 9.59 Å². The van der Waals surface area contributed by atoms with Gasteiger partial charge >= 0.3 is 0 Å². The number of nitrogens with zero attached hydrogens (tertiary/aromatic N) is 3. The second kappa shape index (κ2) is 9.58. The first-order valence-electron chi connectivity index (χ1n) is 10.8. The van der Waals surface area contributed by atoms with Gasteiger partial charge in [-0.05, 0) is 66.8 Å². The minimum atomic E-state index is 0.116. The number of carbonyl (C=O) groups excluding carboxylic acids is 2. The van der Waals surface area contributed by atoms with Crippen LogP contribution in [-0.4, -0.2) is 85.0 Å². The van der Waals surface area contributed by atoms with Gasteiger partial charge in [-0.25, -0.2) is 0 Å². The molecule has 0 saturated carbocycles. The average Bonchev–Trinajstić information content (AvgIpc) is 2.79. The van der Waals surface area contributed by atoms with Crippen LogP contribution < -0.4 is 0 Å². The number of hydrogen-bond donors (Lipinski definition) is 0. The van der Waals surface area contributed by atoms with Gasteiger partial charge in [0.15, 0.2) is 0 Å². The van der Waals surface area contributed by atoms with Crippen LogP contribution in [0, 0.1) is 5.92 Å². The highest BCUT2D eigenvalue weighted by Crippen LogP contribution is 2.27. The van der Waals surface area contributed by atoms with Crippen LogP contribution in [-0.2, 0) is 9.53 Å². The van der Waals surface area contributed by atoms with E-state index in [-0.39, 0.29) is 11.8 Å². The number of piperidine rings is 2. The highest BCUT2D eigenvalue weighted by Gasteiger charge is 2.33. The summed E-state index contributed by atoms with van der Waals surface area (Å²) in [7, 11) is 0. The third kappa shape index (κ3) is 4.84. The zero-order valence-electron chi connectivity index (χ0n) is 16.9. The smallest absolute Gasteiger partial charge is 0.254 e. The summed E-state index contributed by atoms with van der Waals surface area (Å²) in [5.74, 6) is 0.606. The topological polar surface area (TPSA) is 53.1 Å². The number of amides is 2. The van der Waals surface area contributed by atoms with Crippen LogP contribution in [0.25, 0.3) is 0 Å². The molecule has 1 aromatic carbocycles. The predicted molar refractivity (Wildman–Crippen MR) is 115 cm³/mol. The number of halogens is 1. The van der Waals surface area contributed by atoms with Crippen molar-refractivity contribution in [3.05, 3.63) is 34.3 Å². The second-order valence-electron chi connectivity index (χ2n) is 8.25. The number of morpholine rings is 1. The van der Waals surface area contributed by atoms with Gasteiger partial charge in [0.25, 0.3) is 5.91 Å². The molecule has 4 rings (SSSR count). The molecule has 0 aromatic heterocycles. The molecule has 3 saturated heterocycles. The molecule has 1 aromatic rings. The van der Waals surface area contributed by atoms with E-state index < -0.39 is 0 Å². The van der Waals surface area contributed by atoms with Gasteiger partial charge in [0.2, 0.25) is 5.91 Å². The average molecular weight is 464 g/mol. The molecule has 0 atom stereocenters. The Morgan fingerprint density at radius 2 is 1.52 bits per heavy atom. The standard InChI is InChI=1S/C22H30BrN3O3/c23-20-4-2-1-3-19(20)22(28)25-11-7-18(8-12-25)24-9-5-17(6-10-24)21(27)26-13-15-29-16-14-26/h1-4,17-18H,5-16H2. The molecular formula is C22H30BrN3O3. The fourth-order valence-electron chi connectivity index (χ4n) is 4.79. The molecule has 158 valence electrons. The molecule has 0 N–H and O–H groups in total. The quantitative estimate of drug-likeness (QED) is 0.691. The van der Waals surface area contributed by atoms with Crippen molar-refractivity contribution in [1.82, 2.24) is 14.7 Å². The van der Waals surface area contributed by atoms with Gasteiger partial charge < -0.3 is 19.4 Å². The molecule has 6 nitrogen and oxygen atoms in total. The third-order valence-corrected chi connectivity index (χ3v) is 7.27. The summed E-state index contributed by atoms with van der Waals surface area (Å²) in [6, 6.07) is 8.17. The van der Waals surface area contributed by atoms with Crippen LogP contribution in [0.2, 0.25) is 0 Å². The van der Waals surface area contributed by atoms with E-state index in [2.05, 4.69) is 20.8 Å². The second-order valence-corrected chi connectivity index (χ2v) is 9.11. The maximum absolute atomic E-state index is 12.8.